The van der Waals surface area contributed by atoms with Crippen LogP contribution in [0.3, 0.4) is 0 Å². The molecule has 0 nitrogen and oxygen atoms in total. The number of hydrogen-bond acceptors (Lipinski definition) is 0. The van der Waals surface area contributed by atoms with Crippen LogP contribution in [0, 0.1) is 13.8 Å². The molecular formula is C17H15Br. The van der Waals surface area contributed by atoms with Crippen LogP contribution in [0.5, 0.6) is 0 Å². The second kappa shape index (κ2) is 4.40. The van der Waals surface area contributed by atoms with Gasteiger partial charge in [-0.05, 0) is 75.6 Å². The summed E-state index contributed by atoms with van der Waals surface area (Å²) in [5.74, 6) is 0. The van der Waals surface area contributed by atoms with Gasteiger partial charge in [0.1, 0.15) is 0 Å². The summed E-state index contributed by atoms with van der Waals surface area (Å²) < 4.78 is 1.24. The minimum absolute atomic E-state index is 1.04. The third-order valence-corrected chi connectivity index (χ3v) is 4.69. The van der Waals surface area contributed by atoms with Crippen molar-refractivity contribution < 1.29 is 0 Å². The number of halogens is 1. The van der Waals surface area contributed by atoms with Crippen LogP contribution in [0.15, 0.2) is 40.9 Å². The second-order valence-electron chi connectivity index (χ2n) is 4.87. The maximum Gasteiger partial charge on any atom is 0.0280 e. The van der Waals surface area contributed by atoms with Gasteiger partial charge in [0.05, 0.1) is 0 Å². The molecule has 90 valence electrons. The maximum absolute atomic E-state index is 3.71. The fraction of sp³-hybridized carbons (Fsp3) is 0.176. The zero-order valence-electron chi connectivity index (χ0n) is 10.6. The smallest absolute Gasteiger partial charge is 0.0280 e. The Kier molecular flexibility index (Phi) is 2.87. The zero-order chi connectivity index (χ0) is 12.7. The molecule has 0 saturated heterocycles. The normalized spacial score (nSPS) is 12.8. The number of benzene rings is 2. The van der Waals surface area contributed by atoms with Gasteiger partial charge in [0.25, 0.3) is 0 Å². The quantitative estimate of drug-likeness (QED) is 0.670. The van der Waals surface area contributed by atoms with Crippen LogP contribution in [0.1, 0.15) is 22.3 Å². The van der Waals surface area contributed by atoms with Crippen LogP contribution in [-0.4, -0.2) is 0 Å². The molecular weight excluding hydrogens is 284 g/mol. The van der Waals surface area contributed by atoms with Crippen LogP contribution in [0.2, 0.25) is 0 Å². The molecule has 0 aliphatic heterocycles. The molecule has 0 heterocycles. The van der Waals surface area contributed by atoms with Gasteiger partial charge in [-0.15, -0.1) is 0 Å². The van der Waals surface area contributed by atoms with Crippen LogP contribution < -0.4 is 0 Å². The highest BCUT2D eigenvalue weighted by Crippen LogP contribution is 2.38. The van der Waals surface area contributed by atoms with Gasteiger partial charge >= 0.3 is 0 Å². The lowest BCUT2D eigenvalue weighted by molar-refractivity contribution is 1.27. The van der Waals surface area contributed by atoms with Crippen molar-refractivity contribution in [1.82, 2.24) is 0 Å². The topological polar surface area (TPSA) is 0 Å². The third-order valence-electron chi connectivity index (χ3n) is 3.64. The first kappa shape index (κ1) is 11.7. The van der Waals surface area contributed by atoms with E-state index in [4.69, 9.17) is 0 Å². The van der Waals surface area contributed by atoms with Crippen molar-refractivity contribution in [2.24, 2.45) is 0 Å². The van der Waals surface area contributed by atoms with E-state index in [1.165, 1.54) is 37.9 Å². The third kappa shape index (κ3) is 1.74. The van der Waals surface area contributed by atoms with E-state index in [1.54, 1.807) is 0 Å². The van der Waals surface area contributed by atoms with E-state index in [0.717, 1.165) is 6.42 Å². The van der Waals surface area contributed by atoms with Crippen molar-refractivity contribution in [3.8, 4) is 11.1 Å². The van der Waals surface area contributed by atoms with E-state index in [-0.39, 0.29) is 0 Å². The molecule has 0 fully saturated rings. The number of fused-ring (bicyclic) bond motifs is 1. The lowest BCUT2D eigenvalue weighted by atomic mass is 9.92. The molecule has 3 rings (SSSR count). The maximum atomic E-state index is 3.71. The number of allylic oxidation sites excluding steroid dienone is 1. The Labute approximate surface area is 116 Å². The minimum Gasteiger partial charge on any atom is -0.0794 e. The monoisotopic (exact) mass is 298 g/mol. The Balaban J connectivity index is 2.30. The summed E-state index contributed by atoms with van der Waals surface area (Å²) in [5, 5.41) is 0. The van der Waals surface area contributed by atoms with Gasteiger partial charge in [-0.3, -0.25) is 0 Å². The predicted molar refractivity (Wildman–Crippen MR) is 81.8 cm³/mol. The first-order valence-electron chi connectivity index (χ1n) is 6.23. The van der Waals surface area contributed by atoms with Crippen molar-refractivity contribution in [2.75, 3.05) is 0 Å². The average molecular weight is 299 g/mol. The van der Waals surface area contributed by atoms with Crippen molar-refractivity contribution in [3.63, 3.8) is 0 Å². The van der Waals surface area contributed by atoms with E-state index in [2.05, 4.69) is 72.3 Å². The molecule has 0 saturated carbocycles. The molecule has 1 heteroatoms. The average Bonchev–Trinajstić information content (AvgIpc) is 2.84. The Morgan fingerprint density at radius 1 is 1.00 bits per heavy atom. The molecule has 0 spiro atoms. The van der Waals surface area contributed by atoms with E-state index >= 15 is 0 Å². The molecule has 0 N–H and O–H groups in total. The van der Waals surface area contributed by atoms with Gasteiger partial charge in [0.2, 0.25) is 0 Å². The van der Waals surface area contributed by atoms with Crippen LogP contribution in [0.25, 0.3) is 17.2 Å². The van der Waals surface area contributed by atoms with Gasteiger partial charge in [-0.2, -0.15) is 0 Å². The molecule has 0 aromatic heterocycles. The minimum atomic E-state index is 1.04. The van der Waals surface area contributed by atoms with E-state index < -0.39 is 0 Å². The SMILES string of the molecule is Cc1ccccc1-c1cc(C)c(Br)c2c1CC=C2. The van der Waals surface area contributed by atoms with Crippen molar-refractivity contribution in [2.45, 2.75) is 20.3 Å². The van der Waals surface area contributed by atoms with Gasteiger partial charge in [-0.25, -0.2) is 0 Å². The lowest BCUT2D eigenvalue weighted by Crippen LogP contribution is -1.94. The van der Waals surface area contributed by atoms with E-state index in [0.29, 0.717) is 0 Å². The van der Waals surface area contributed by atoms with Crippen LogP contribution in [-0.2, 0) is 6.42 Å². The zero-order valence-corrected chi connectivity index (χ0v) is 12.2. The molecule has 18 heavy (non-hydrogen) atoms. The molecule has 2 aromatic carbocycles. The van der Waals surface area contributed by atoms with Gasteiger partial charge < -0.3 is 0 Å². The Bertz CT molecular complexity index is 651. The summed E-state index contributed by atoms with van der Waals surface area (Å²) >= 11 is 3.71. The molecule has 0 atom stereocenters. The fourth-order valence-corrected chi connectivity index (χ4v) is 3.15. The Hall–Kier alpha value is -1.34. The first-order chi connectivity index (χ1) is 8.68. The standard InChI is InChI=1S/C17H15Br/c1-11-6-3-4-7-13(11)16-10-12(2)17(18)15-9-5-8-14(15)16/h3-7,9-10H,8H2,1-2H3. The summed E-state index contributed by atoms with van der Waals surface area (Å²) in [6.07, 6.45) is 5.52. The van der Waals surface area contributed by atoms with E-state index in [1.807, 2.05) is 0 Å². The number of rotatable bonds is 1. The molecule has 0 unspecified atom stereocenters. The fourth-order valence-electron chi connectivity index (χ4n) is 2.66. The summed E-state index contributed by atoms with van der Waals surface area (Å²) in [4.78, 5) is 0. The molecule has 2 aromatic rings. The first-order valence-corrected chi connectivity index (χ1v) is 7.02. The van der Waals surface area contributed by atoms with Crippen LogP contribution >= 0.6 is 15.9 Å². The largest absolute Gasteiger partial charge is 0.0794 e. The summed E-state index contributed by atoms with van der Waals surface area (Å²) in [7, 11) is 0. The second-order valence-corrected chi connectivity index (χ2v) is 5.66. The van der Waals surface area contributed by atoms with Gasteiger partial charge in [0, 0.05) is 4.47 Å². The molecule has 0 bridgehead atoms. The van der Waals surface area contributed by atoms with E-state index in [9.17, 15) is 0 Å². The van der Waals surface area contributed by atoms with Gasteiger partial charge in [0.15, 0.2) is 0 Å². The summed E-state index contributed by atoms with van der Waals surface area (Å²) in [6, 6.07) is 10.9. The van der Waals surface area contributed by atoms with Crippen LogP contribution in [0.4, 0.5) is 0 Å². The lowest BCUT2D eigenvalue weighted by Gasteiger charge is -2.14. The molecule has 1 aliphatic rings. The summed E-state index contributed by atoms with van der Waals surface area (Å²) in [5.41, 5.74) is 8.18. The molecule has 0 amide bonds. The number of hydrogen-bond donors (Lipinski definition) is 0. The predicted octanol–water partition coefficient (Wildman–Crippen LogP) is 5.30. The van der Waals surface area contributed by atoms with Crippen molar-refractivity contribution >= 4 is 22.0 Å². The van der Waals surface area contributed by atoms with Crippen molar-refractivity contribution in [3.05, 3.63) is 63.1 Å². The Morgan fingerprint density at radius 2 is 1.78 bits per heavy atom. The number of aryl methyl sites for hydroxylation is 2. The Morgan fingerprint density at radius 3 is 2.56 bits per heavy atom. The van der Waals surface area contributed by atoms with Crippen molar-refractivity contribution in [1.29, 1.82) is 0 Å². The summed E-state index contributed by atoms with van der Waals surface area (Å²) in [6.45, 7) is 4.35. The highest BCUT2D eigenvalue weighted by Gasteiger charge is 2.17. The molecule has 1 aliphatic carbocycles. The molecule has 0 radical (unpaired) electrons. The highest BCUT2D eigenvalue weighted by molar-refractivity contribution is 9.10. The van der Waals surface area contributed by atoms with Gasteiger partial charge in [-0.1, -0.05) is 36.4 Å². The highest BCUT2D eigenvalue weighted by atomic mass is 79.9.